The number of methoxy groups -OCH3 is 1. The molecule has 0 atom stereocenters. The predicted molar refractivity (Wildman–Crippen MR) is 97.4 cm³/mol. The van der Waals surface area contributed by atoms with Gasteiger partial charge in [0.25, 0.3) is 0 Å². The van der Waals surface area contributed by atoms with Crippen molar-refractivity contribution in [1.82, 2.24) is 29.5 Å². The van der Waals surface area contributed by atoms with E-state index in [9.17, 15) is 0 Å². The van der Waals surface area contributed by atoms with Gasteiger partial charge in [-0.15, -0.1) is 0 Å². The summed E-state index contributed by atoms with van der Waals surface area (Å²) >= 11 is 0. The van der Waals surface area contributed by atoms with Crippen LogP contribution in [0.4, 0.5) is 11.9 Å². The van der Waals surface area contributed by atoms with E-state index < -0.39 is 0 Å². The van der Waals surface area contributed by atoms with E-state index in [1.165, 1.54) is 12.8 Å². The number of anilines is 2. The zero-order valence-corrected chi connectivity index (χ0v) is 14.8. The van der Waals surface area contributed by atoms with Gasteiger partial charge < -0.3 is 15.0 Å². The Morgan fingerprint density at radius 3 is 2.69 bits per heavy atom. The Morgan fingerprint density at radius 2 is 1.88 bits per heavy atom. The van der Waals surface area contributed by atoms with Crippen LogP contribution >= 0.6 is 0 Å². The molecule has 9 heteroatoms. The molecule has 9 nitrogen and oxygen atoms in total. The summed E-state index contributed by atoms with van der Waals surface area (Å²) < 4.78 is 7.06. The molecule has 1 saturated heterocycles. The first kappa shape index (κ1) is 16.5. The molecule has 0 aliphatic carbocycles. The second-order valence-electron chi connectivity index (χ2n) is 6.24. The van der Waals surface area contributed by atoms with Crippen LogP contribution < -0.4 is 15.0 Å². The van der Waals surface area contributed by atoms with Gasteiger partial charge in [0, 0.05) is 25.4 Å². The van der Waals surface area contributed by atoms with Gasteiger partial charge in [-0.3, -0.25) is 0 Å². The largest absolute Gasteiger partial charge is 0.467 e. The van der Waals surface area contributed by atoms with E-state index in [1.54, 1.807) is 24.0 Å². The molecule has 1 aliphatic heterocycles. The number of ether oxygens (including phenoxy) is 1. The van der Waals surface area contributed by atoms with Crippen LogP contribution in [0.1, 0.15) is 31.4 Å². The molecule has 0 aromatic carbocycles. The van der Waals surface area contributed by atoms with Crippen LogP contribution in [-0.2, 0) is 6.54 Å². The SMILES string of the molecule is COc1nc(NCc2ccnc3ccnn23)nc(N2CCCCCC2)n1. The fourth-order valence-electron chi connectivity index (χ4n) is 3.12. The topological polar surface area (TPSA) is 93.4 Å². The molecule has 1 fully saturated rings. The van der Waals surface area contributed by atoms with Gasteiger partial charge in [0.2, 0.25) is 11.9 Å². The summed E-state index contributed by atoms with van der Waals surface area (Å²) in [5.41, 5.74) is 1.78. The van der Waals surface area contributed by atoms with E-state index in [0.717, 1.165) is 37.3 Å². The number of nitrogens with one attached hydrogen (secondary N) is 1. The third-order valence-corrected chi connectivity index (χ3v) is 4.47. The minimum atomic E-state index is 0.320. The van der Waals surface area contributed by atoms with Gasteiger partial charge >= 0.3 is 6.01 Å². The molecule has 3 aromatic rings. The lowest BCUT2D eigenvalue weighted by molar-refractivity contribution is 0.378. The van der Waals surface area contributed by atoms with Crippen molar-refractivity contribution >= 4 is 17.5 Å². The molecule has 4 heterocycles. The molecule has 0 saturated carbocycles. The molecule has 1 aliphatic rings. The average Bonchev–Trinajstić information content (AvgIpc) is 3.00. The minimum absolute atomic E-state index is 0.320. The molecule has 4 rings (SSSR count). The highest BCUT2D eigenvalue weighted by Crippen LogP contribution is 2.19. The van der Waals surface area contributed by atoms with Crippen molar-refractivity contribution < 1.29 is 4.74 Å². The molecule has 0 radical (unpaired) electrons. The summed E-state index contributed by atoms with van der Waals surface area (Å²) in [6.07, 6.45) is 8.33. The predicted octanol–water partition coefficient (Wildman–Crippen LogP) is 1.92. The van der Waals surface area contributed by atoms with E-state index in [4.69, 9.17) is 4.74 Å². The second-order valence-corrected chi connectivity index (χ2v) is 6.24. The Labute approximate surface area is 151 Å². The highest BCUT2D eigenvalue weighted by molar-refractivity contribution is 5.40. The Balaban J connectivity index is 1.55. The van der Waals surface area contributed by atoms with Crippen molar-refractivity contribution in [3.8, 4) is 6.01 Å². The van der Waals surface area contributed by atoms with Gasteiger partial charge in [0.1, 0.15) is 0 Å². The molecule has 3 aromatic heterocycles. The highest BCUT2D eigenvalue weighted by atomic mass is 16.5. The standard InChI is InChI=1S/C17H22N8O/c1-26-17-22-15(21-16(23-17)24-10-4-2-3-5-11-24)19-12-13-6-8-18-14-7-9-20-25(13)14/h6-9H,2-5,10-12H2,1H3,(H,19,21,22,23). The lowest BCUT2D eigenvalue weighted by atomic mass is 10.2. The fourth-order valence-corrected chi connectivity index (χ4v) is 3.12. The second kappa shape index (κ2) is 7.51. The van der Waals surface area contributed by atoms with Crippen LogP contribution in [0.2, 0.25) is 0 Å². The number of hydrogen-bond donors (Lipinski definition) is 1. The number of rotatable bonds is 5. The molecule has 0 bridgehead atoms. The Morgan fingerprint density at radius 1 is 1.04 bits per heavy atom. The van der Waals surface area contributed by atoms with Crippen molar-refractivity contribution in [2.45, 2.75) is 32.2 Å². The first-order chi connectivity index (χ1) is 12.8. The van der Waals surface area contributed by atoms with E-state index >= 15 is 0 Å². The van der Waals surface area contributed by atoms with E-state index in [1.807, 2.05) is 12.1 Å². The maximum Gasteiger partial charge on any atom is 0.322 e. The van der Waals surface area contributed by atoms with Crippen LogP contribution in [0, 0.1) is 0 Å². The monoisotopic (exact) mass is 354 g/mol. The third kappa shape index (κ3) is 3.51. The molecule has 0 unspecified atom stereocenters. The Hall–Kier alpha value is -2.97. The summed E-state index contributed by atoms with van der Waals surface area (Å²) in [6.45, 7) is 2.45. The van der Waals surface area contributed by atoms with E-state index in [0.29, 0.717) is 24.5 Å². The number of aromatic nitrogens is 6. The number of fused-ring (bicyclic) bond motifs is 1. The van der Waals surface area contributed by atoms with Crippen LogP contribution in [0.15, 0.2) is 24.5 Å². The highest BCUT2D eigenvalue weighted by Gasteiger charge is 2.16. The zero-order chi connectivity index (χ0) is 17.8. The van der Waals surface area contributed by atoms with Crippen LogP contribution in [0.5, 0.6) is 6.01 Å². The maximum absolute atomic E-state index is 5.27. The Bertz CT molecular complexity index is 872. The van der Waals surface area contributed by atoms with Gasteiger partial charge in [-0.2, -0.15) is 20.1 Å². The van der Waals surface area contributed by atoms with Crippen molar-refractivity contribution in [2.24, 2.45) is 0 Å². The molecular weight excluding hydrogens is 332 g/mol. The van der Waals surface area contributed by atoms with E-state index in [2.05, 4.69) is 35.3 Å². The molecule has 26 heavy (non-hydrogen) atoms. The van der Waals surface area contributed by atoms with Gasteiger partial charge in [-0.05, 0) is 18.9 Å². The summed E-state index contributed by atoms with van der Waals surface area (Å²) in [5.74, 6) is 1.16. The first-order valence-corrected chi connectivity index (χ1v) is 8.90. The zero-order valence-electron chi connectivity index (χ0n) is 14.8. The average molecular weight is 354 g/mol. The molecule has 136 valence electrons. The lowest BCUT2D eigenvalue weighted by Crippen LogP contribution is -2.26. The third-order valence-electron chi connectivity index (χ3n) is 4.47. The van der Waals surface area contributed by atoms with Gasteiger partial charge in [0.15, 0.2) is 5.65 Å². The van der Waals surface area contributed by atoms with Crippen LogP contribution in [-0.4, -0.2) is 49.7 Å². The summed E-state index contributed by atoms with van der Waals surface area (Å²) in [6, 6.07) is 4.11. The van der Waals surface area contributed by atoms with Crippen molar-refractivity contribution in [3.05, 3.63) is 30.2 Å². The molecular formula is C17H22N8O. The fraction of sp³-hybridized carbons (Fsp3) is 0.471. The Kier molecular flexibility index (Phi) is 4.76. The quantitative estimate of drug-likeness (QED) is 0.743. The van der Waals surface area contributed by atoms with Crippen LogP contribution in [0.3, 0.4) is 0 Å². The number of nitrogens with zero attached hydrogens (tertiary/aromatic N) is 7. The first-order valence-electron chi connectivity index (χ1n) is 8.90. The summed E-state index contributed by atoms with van der Waals surface area (Å²) in [4.78, 5) is 19.8. The smallest absolute Gasteiger partial charge is 0.322 e. The normalized spacial score (nSPS) is 15.0. The van der Waals surface area contributed by atoms with Crippen molar-refractivity contribution in [2.75, 3.05) is 30.4 Å². The van der Waals surface area contributed by atoms with Crippen LogP contribution in [0.25, 0.3) is 5.65 Å². The number of hydrogen-bond acceptors (Lipinski definition) is 8. The molecule has 0 spiro atoms. The lowest BCUT2D eigenvalue weighted by Gasteiger charge is -2.20. The van der Waals surface area contributed by atoms with Crippen molar-refractivity contribution in [3.63, 3.8) is 0 Å². The maximum atomic E-state index is 5.27. The van der Waals surface area contributed by atoms with Crippen molar-refractivity contribution in [1.29, 1.82) is 0 Å². The molecule has 1 N–H and O–H groups in total. The molecule has 0 amide bonds. The van der Waals surface area contributed by atoms with Gasteiger partial charge in [-0.1, -0.05) is 12.8 Å². The van der Waals surface area contributed by atoms with Gasteiger partial charge in [0.05, 0.1) is 25.5 Å². The summed E-state index contributed by atoms with van der Waals surface area (Å²) in [7, 11) is 1.57. The van der Waals surface area contributed by atoms with E-state index in [-0.39, 0.29) is 0 Å². The summed E-state index contributed by atoms with van der Waals surface area (Å²) in [5, 5.41) is 7.55. The van der Waals surface area contributed by atoms with Gasteiger partial charge in [-0.25, -0.2) is 9.50 Å². The minimum Gasteiger partial charge on any atom is -0.467 e.